The summed E-state index contributed by atoms with van der Waals surface area (Å²) in [6, 6.07) is 12.3. The van der Waals surface area contributed by atoms with Crippen LogP contribution in [0.3, 0.4) is 0 Å². The molecular weight excluding hydrogens is 384 g/mol. The molecule has 8 heteroatoms. The molecule has 0 saturated heterocycles. The molecule has 0 bridgehead atoms. The molecule has 8 nitrogen and oxygen atoms in total. The lowest BCUT2D eigenvalue weighted by molar-refractivity contribution is -0.123. The van der Waals surface area contributed by atoms with Crippen molar-refractivity contribution in [2.45, 2.75) is 19.4 Å². The largest absolute Gasteiger partial charge is 0.497 e. The topological polar surface area (TPSA) is 94.5 Å². The number of hydrogen-bond acceptors (Lipinski definition) is 5. The zero-order chi connectivity index (χ0) is 21.3. The molecule has 154 valence electrons. The second-order valence-corrected chi connectivity index (χ2v) is 7.04. The first-order chi connectivity index (χ1) is 14.5. The maximum Gasteiger partial charge on any atom is 0.251 e. The molecule has 0 fully saturated rings. The van der Waals surface area contributed by atoms with E-state index in [1.54, 1.807) is 36.2 Å². The Labute approximate surface area is 173 Å². The van der Waals surface area contributed by atoms with E-state index in [4.69, 9.17) is 9.47 Å². The van der Waals surface area contributed by atoms with Gasteiger partial charge in [-0.15, -0.1) is 0 Å². The number of ether oxygens (including phenoxy) is 2. The van der Waals surface area contributed by atoms with Gasteiger partial charge in [0.2, 0.25) is 5.91 Å². The summed E-state index contributed by atoms with van der Waals surface area (Å²) in [5.74, 6) is 1.09. The average molecular weight is 406 g/mol. The Morgan fingerprint density at radius 1 is 1.17 bits per heavy atom. The highest BCUT2D eigenvalue weighted by molar-refractivity contribution is 6.04. The van der Waals surface area contributed by atoms with Gasteiger partial charge < -0.3 is 20.1 Å². The van der Waals surface area contributed by atoms with Crippen LogP contribution in [0.15, 0.2) is 48.7 Å². The van der Waals surface area contributed by atoms with E-state index in [0.29, 0.717) is 23.0 Å². The molecule has 2 N–H and O–H groups in total. The Kier molecular flexibility index (Phi) is 5.14. The highest BCUT2D eigenvalue weighted by Crippen LogP contribution is 2.36. The second-order valence-electron chi connectivity index (χ2n) is 7.04. The second kappa shape index (κ2) is 7.90. The van der Waals surface area contributed by atoms with Crippen LogP contribution in [0.25, 0.3) is 11.1 Å². The number of anilines is 2. The average Bonchev–Trinajstić information content (AvgIpc) is 3.28. The van der Waals surface area contributed by atoms with Crippen molar-refractivity contribution in [3.8, 4) is 22.6 Å². The van der Waals surface area contributed by atoms with Crippen molar-refractivity contribution in [3.05, 3.63) is 54.2 Å². The number of aryl methyl sites for hydroxylation is 1. The predicted molar refractivity (Wildman–Crippen MR) is 113 cm³/mol. The molecular formula is C22H22N4O4. The number of fused-ring (bicyclic) bond motifs is 1. The molecule has 1 atom stereocenters. The molecule has 0 aliphatic carbocycles. The van der Waals surface area contributed by atoms with Gasteiger partial charge in [0.25, 0.3) is 5.91 Å². The van der Waals surface area contributed by atoms with Gasteiger partial charge in [-0.2, -0.15) is 5.10 Å². The van der Waals surface area contributed by atoms with Gasteiger partial charge in [-0.1, -0.05) is 29.8 Å². The van der Waals surface area contributed by atoms with Crippen LogP contribution in [0.1, 0.15) is 18.0 Å². The number of nitrogens with zero attached hydrogens (tertiary/aromatic N) is 2. The van der Waals surface area contributed by atoms with Crippen molar-refractivity contribution in [2.75, 3.05) is 24.9 Å². The molecule has 2 aromatic carbocycles. The lowest BCUT2D eigenvalue weighted by atomic mass is 10.1. The summed E-state index contributed by atoms with van der Waals surface area (Å²) in [6.45, 7) is 2.01. The van der Waals surface area contributed by atoms with Crippen LogP contribution >= 0.6 is 0 Å². The van der Waals surface area contributed by atoms with Gasteiger partial charge in [-0.3, -0.25) is 9.59 Å². The van der Waals surface area contributed by atoms with E-state index in [1.165, 1.54) is 7.11 Å². The number of hydrogen-bond donors (Lipinski definition) is 2. The molecule has 2 heterocycles. The van der Waals surface area contributed by atoms with E-state index < -0.39 is 6.04 Å². The summed E-state index contributed by atoms with van der Waals surface area (Å²) in [4.78, 5) is 25.2. The smallest absolute Gasteiger partial charge is 0.251 e. The first-order valence-corrected chi connectivity index (χ1v) is 9.47. The summed E-state index contributed by atoms with van der Waals surface area (Å²) in [5.41, 5.74) is 3.39. The molecule has 1 aliphatic heterocycles. The van der Waals surface area contributed by atoms with Crippen LogP contribution in [0, 0.1) is 6.92 Å². The third-order valence-electron chi connectivity index (χ3n) is 5.06. The minimum Gasteiger partial charge on any atom is -0.497 e. The summed E-state index contributed by atoms with van der Waals surface area (Å²) in [7, 11) is 3.06. The summed E-state index contributed by atoms with van der Waals surface area (Å²) >= 11 is 0. The minimum absolute atomic E-state index is 0.0613. The van der Waals surface area contributed by atoms with Gasteiger partial charge in [0.05, 0.1) is 32.5 Å². The normalized spacial score (nSPS) is 14.8. The summed E-state index contributed by atoms with van der Waals surface area (Å²) in [6.07, 6.45) is 1.64. The SMILES string of the molecule is COc1ccc(OC)c(NC(=O)CC2C(=O)Nc3c(-c4ccc(C)cc4)cnn32)c1. The standard InChI is InChI=1S/C22H22N4O4/c1-13-4-6-14(7-5-13)16-12-23-26-18(22(28)25-21(16)26)11-20(27)24-17-10-15(29-2)8-9-19(17)30-3/h4-10,12,18H,11H2,1-3H3,(H,24,27)(H,25,28). The molecule has 2 amide bonds. The van der Waals surface area contributed by atoms with Crippen molar-refractivity contribution in [2.24, 2.45) is 0 Å². The highest BCUT2D eigenvalue weighted by atomic mass is 16.5. The lowest BCUT2D eigenvalue weighted by Gasteiger charge is -2.13. The van der Waals surface area contributed by atoms with Gasteiger partial charge in [-0.25, -0.2) is 4.68 Å². The molecule has 1 aromatic heterocycles. The van der Waals surface area contributed by atoms with Crippen LogP contribution in [0.5, 0.6) is 11.5 Å². The number of aromatic nitrogens is 2. The van der Waals surface area contributed by atoms with Crippen LogP contribution < -0.4 is 20.1 Å². The summed E-state index contributed by atoms with van der Waals surface area (Å²) in [5, 5.41) is 10.0. The van der Waals surface area contributed by atoms with E-state index in [0.717, 1.165) is 16.7 Å². The zero-order valence-corrected chi connectivity index (χ0v) is 16.9. The molecule has 1 aliphatic rings. The van der Waals surface area contributed by atoms with E-state index in [-0.39, 0.29) is 18.2 Å². The van der Waals surface area contributed by atoms with Crippen molar-refractivity contribution in [3.63, 3.8) is 0 Å². The van der Waals surface area contributed by atoms with Crippen LogP contribution in [0.4, 0.5) is 11.5 Å². The van der Waals surface area contributed by atoms with Crippen LogP contribution in [-0.4, -0.2) is 35.8 Å². The first-order valence-electron chi connectivity index (χ1n) is 9.47. The molecule has 4 rings (SSSR count). The van der Waals surface area contributed by atoms with E-state index >= 15 is 0 Å². The highest BCUT2D eigenvalue weighted by Gasteiger charge is 2.35. The minimum atomic E-state index is -0.726. The Balaban J connectivity index is 1.54. The fraction of sp³-hybridized carbons (Fsp3) is 0.227. The molecule has 0 spiro atoms. The van der Waals surface area contributed by atoms with Crippen molar-refractivity contribution >= 4 is 23.3 Å². The zero-order valence-electron chi connectivity index (χ0n) is 16.9. The van der Waals surface area contributed by atoms with Crippen LogP contribution in [-0.2, 0) is 9.59 Å². The van der Waals surface area contributed by atoms with Gasteiger partial charge in [0, 0.05) is 11.6 Å². The third kappa shape index (κ3) is 3.59. The van der Waals surface area contributed by atoms with Gasteiger partial charge in [-0.05, 0) is 24.6 Å². The number of benzene rings is 2. The lowest BCUT2D eigenvalue weighted by Crippen LogP contribution is -2.23. The van der Waals surface area contributed by atoms with Crippen molar-refractivity contribution < 1.29 is 19.1 Å². The number of nitrogens with one attached hydrogen (secondary N) is 2. The Hall–Kier alpha value is -3.81. The predicted octanol–water partition coefficient (Wildman–Crippen LogP) is 3.40. The monoisotopic (exact) mass is 406 g/mol. The molecule has 0 saturated carbocycles. The van der Waals surface area contributed by atoms with Crippen LogP contribution in [0.2, 0.25) is 0 Å². The number of methoxy groups -OCH3 is 2. The fourth-order valence-electron chi connectivity index (χ4n) is 3.45. The summed E-state index contributed by atoms with van der Waals surface area (Å²) < 4.78 is 12.1. The van der Waals surface area contributed by atoms with Crippen molar-refractivity contribution in [1.29, 1.82) is 0 Å². The number of amides is 2. The Morgan fingerprint density at radius 3 is 2.63 bits per heavy atom. The van der Waals surface area contributed by atoms with E-state index in [9.17, 15) is 9.59 Å². The Morgan fingerprint density at radius 2 is 1.93 bits per heavy atom. The fourth-order valence-corrected chi connectivity index (χ4v) is 3.45. The van der Waals surface area contributed by atoms with Gasteiger partial charge in [0.15, 0.2) is 0 Å². The van der Waals surface area contributed by atoms with E-state index in [1.807, 2.05) is 31.2 Å². The van der Waals surface area contributed by atoms with Gasteiger partial charge >= 0.3 is 0 Å². The number of carbonyl (C=O) groups excluding carboxylic acids is 2. The number of rotatable bonds is 6. The van der Waals surface area contributed by atoms with Gasteiger partial charge in [0.1, 0.15) is 23.4 Å². The molecule has 3 aromatic rings. The molecule has 1 unspecified atom stereocenters. The maximum atomic E-state index is 12.7. The quantitative estimate of drug-likeness (QED) is 0.654. The number of carbonyl (C=O) groups is 2. The van der Waals surface area contributed by atoms with Crippen molar-refractivity contribution in [1.82, 2.24) is 9.78 Å². The maximum absolute atomic E-state index is 12.7. The molecule has 0 radical (unpaired) electrons. The van der Waals surface area contributed by atoms with E-state index in [2.05, 4.69) is 15.7 Å². The Bertz CT molecular complexity index is 1100. The first kappa shape index (κ1) is 19.5. The third-order valence-corrected chi connectivity index (χ3v) is 5.06. The molecule has 30 heavy (non-hydrogen) atoms.